The van der Waals surface area contributed by atoms with Crippen molar-refractivity contribution in [3.05, 3.63) is 56.5 Å². The van der Waals surface area contributed by atoms with Gasteiger partial charge in [0.2, 0.25) is 0 Å². The van der Waals surface area contributed by atoms with Crippen LogP contribution in [0.5, 0.6) is 0 Å². The molecule has 0 spiro atoms. The molecule has 0 saturated carbocycles. The highest BCUT2D eigenvalue weighted by Gasteiger charge is 2.10. The second-order valence-corrected chi connectivity index (χ2v) is 5.18. The monoisotopic (exact) mass is 327 g/mol. The number of aromatic amines is 1. The Labute approximate surface area is 128 Å². The van der Waals surface area contributed by atoms with Gasteiger partial charge in [-0.3, -0.25) is 4.79 Å². The molecule has 0 radical (unpaired) electrons. The van der Waals surface area contributed by atoms with Crippen LogP contribution in [0.2, 0.25) is 0 Å². The molecule has 0 saturated heterocycles. The van der Waals surface area contributed by atoms with E-state index in [0.29, 0.717) is 28.6 Å². The van der Waals surface area contributed by atoms with Crippen molar-refractivity contribution in [1.82, 2.24) is 20.0 Å². The summed E-state index contributed by atoms with van der Waals surface area (Å²) in [5.74, 6) is 0.121. The Morgan fingerprint density at radius 2 is 2.05 bits per heavy atom. The zero-order valence-electron chi connectivity index (χ0n) is 10.6. The number of nitrogens with one attached hydrogen (secondary N) is 1. The number of H-pyrrole nitrogens is 1. The van der Waals surface area contributed by atoms with Gasteiger partial charge in [-0.15, -0.1) is 12.4 Å². The van der Waals surface area contributed by atoms with E-state index in [1.54, 1.807) is 18.2 Å². The number of hydrogen-bond acceptors (Lipinski definition) is 5. The van der Waals surface area contributed by atoms with Gasteiger partial charge in [-0.05, 0) is 24.3 Å². The zero-order valence-corrected chi connectivity index (χ0v) is 12.2. The molecule has 3 N–H and O–H groups in total. The third kappa shape index (κ3) is 3.29. The van der Waals surface area contributed by atoms with Gasteiger partial charge in [0.15, 0.2) is 0 Å². The first-order valence-electron chi connectivity index (χ1n) is 5.76. The van der Waals surface area contributed by atoms with Crippen LogP contribution in [0.1, 0.15) is 10.7 Å². The quantitative estimate of drug-likeness (QED) is 0.767. The Morgan fingerprint density at radius 3 is 2.67 bits per heavy atom. The maximum atomic E-state index is 12.9. The number of aromatic nitrogens is 4. The molecule has 110 valence electrons. The highest BCUT2D eigenvalue weighted by Crippen LogP contribution is 2.17. The molecule has 0 aliphatic heterocycles. The lowest BCUT2D eigenvalue weighted by Crippen LogP contribution is -2.02. The minimum atomic E-state index is -0.319. The summed E-state index contributed by atoms with van der Waals surface area (Å²) in [5, 5.41) is 11.2. The Morgan fingerprint density at radius 1 is 1.33 bits per heavy atom. The van der Waals surface area contributed by atoms with Crippen LogP contribution in [0.15, 0.2) is 35.1 Å². The number of hydrogen-bond donors (Lipinski definition) is 2. The molecule has 0 bridgehead atoms. The van der Waals surface area contributed by atoms with E-state index in [9.17, 15) is 9.18 Å². The first-order valence-corrected chi connectivity index (χ1v) is 6.58. The molecule has 3 aromatic rings. The lowest BCUT2D eigenvalue weighted by Gasteiger charge is -2.02. The highest BCUT2D eigenvalue weighted by molar-refractivity contribution is 7.08. The third-order valence-corrected chi connectivity index (χ3v) is 3.42. The molecule has 6 nitrogen and oxygen atoms in total. The molecule has 1 aromatic carbocycles. The van der Waals surface area contributed by atoms with E-state index in [4.69, 9.17) is 5.73 Å². The van der Waals surface area contributed by atoms with E-state index < -0.39 is 0 Å². The summed E-state index contributed by atoms with van der Waals surface area (Å²) in [6, 6.07) is 7.57. The van der Waals surface area contributed by atoms with E-state index >= 15 is 0 Å². The summed E-state index contributed by atoms with van der Waals surface area (Å²) >= 11 is 1.03. The van der Waals surface area contributed by atoms with Crippen molar-refractivity contribution in [2.24, 2.45) is 0 Å². The summed E-state index contributed by atoms with van der Waals surface area (Å²) in [5.41, 5.74) is 7.25. The van der Waals surface area contributed by atoms with E-state index in [1.807, 2.05) is 0 Å². The van der Waals surface area contributed by atoms with Crippen LogP contribution in [0, 0.1) is 5.82 Å². The van der Waals surface area contributed by atoms with Crippen molar-refractivity contribution >= 4 is 29.6 Å². The largest absolute Gasteiger partial charge is 0.384 e. The number of halogens is 2. The summed E-state index contributed by atoms with van der Waals surface area (Å²) in [4.78, 5) is 10.8. The first-order chi connectivity index (χ1) is 9.61. The molecular formula is C12H11ClFN5OS. The Kier molecular flexibility index (Phi) is 4.39. The second-order valence-electron chi connectivity index (χ2n) is 4.13. The Hall–Kier alpha value is -2.19. The van der Waals surface area contributed by atoms with Gasteiger partial charge < -0.3 is 5.73 Å². The van der Waals surface area contributed by atoms with E-state index in [1.165, 1.54) is 16.8 Å². The second kappa shape index (κ2) is 6.06. The molecule has 21 heavy (non-hydrogen) atoms. The molecule has 3 rings (SSSR count). The lowest BCUT2D eigenvalue weighted by molar-refractivity contribution is 0.627. The summed E-state index contributed by atoms with van der Waals surface area (Å²) in [6.07, 6.45) is 0.418. The van der Waals surface area contributed by atoms with Gasteiger partial charge in [-0.1, -0.05) is 11.3 Å². The summed E-state index contributed by atoms with van der Waals surface area (Å²) < 4.78 is 14.4. The Bertz CT molecular complexity index is 795. The molecule has 0 amide bonds. The van der Waals surface area contributed by atoms with Gasteiger partial charge in [0, 0.05) is 12.5 Å². The highest BCUT2D eigenvalue weighted by atomic mass is 35.5. The van der Waals surface area contributed by atoms with Crippen LogP contribution in [-0.4, -0.2) is 20.0 Å². The normalized spacial score (nSPS) is 10.3. The van der Waals surface area contributed by atoms with Crippen molar-refractivity contribution in [3.63, 3.8) is 0 Å². The SMILES string of the molecule is Cl.Nc1cc(Cc2n[nH]c(=O)s2)nn1-c1ccc(F)cc1. The van der Waals surface area contributed by atoms with Gasteiger partial charge >= 0.3 is 4.87 Å². The molecule has 0 aliphatic rings. The molecular weight excluding hydrogens is 317 g/mol. The molecule has 2 aromatic heterocycles. The standard InChI is InChI=1S/C12H10FN5OS.ClH/c13-7-1-3-9(4-2-7)18-10(14)5-8(17-18)6-11-15-16-12(19)20-11;/h1-5H,6,14H2,(H,16,19);1H. The van der Waals surface area contributed by atoms with Crippen molar-refractivity contribution < 1.29 is 4.39 Å². The van der Waals surface area contributed by atoms with Crippen LogP contribution >= 0.6 is 23.7 Å². The van der Waals surface area contributed by atoms with Crippen LogP contribution in [0.3, 0.4) is 0 Å². The fourth-order valence-corrected chi connectivity index (χ4v) is 2.43. The number of anilines is 1. The molecule has 0 aliphatic carbocycles. The smallest absolute Gasteiger partial charge is 0.322 e. The van der Waals surface area contributed by atoms with E-state index in [-0.39, 0.29) is 23.1 Å². The first kappa shape index (κ1) is 15.2. The van der Waals surface area contributed by atoms with Gasteiger partial charge in [0.05, 0.1) is 11.4 Å². The number of rotatable bonds is 3. The number of nitrogens with zero attached hydrogens (tertiary/aromatic N) is 3. The fourth-order valence-electron chi connectivity index (χ4n) is 1.81. The lowest BCUT2D eigenvalue weighted by atomic mass is 10.3. The molecule has 0 fully saturated rings. The minimum Gasteiger partial charge on any atom is -0.384 e. The third-order valence-electron chi connectivity index (χ3n) is 2.67. The molecule has 0 atom stereocenters. The van der Waals surface area contributed by atoms with E-state index in [2.05, 4.69) is 15.3 Å². The molecule has 2 heterocycles. The topological polar surface area (TPSA) is 89.6 Å². The van der Waals surface area contributed by atoms with E-state index in [0.717, 1.165) is 11.3 Å². The zero-order chi connectivity index (χ0) is 14.1. The Balaban J connectivity index is 0.00000161. The number of nitrogen functional groups attached to an aromatic ring is 1. The predicted molar refractivity (Wildman–Crippen MR) is 80.7 cm³/mol. The van der Waals surface area contributed by atoms with Gasteiger partial charge in [-0.25, -0.2) is 14.2 Å². The maximum absolute atomic E-state index is 12.9. The van der Waals surface area contributed by atoms with Crippen molar-refractivity contribution in [3.8, 4) is 5.69 Å². The molecule has 9 heteroatoms. The summed E-state index contributed by atoms with van der Waals surface area (Å²) in [7, 11) is 0. The number of nitrogens with two attached hydrogens (primary N) is 1. The van der Waals surface area contributed by atoms with Crippen LogP contribution < -0.4 is 10.6 Å². The average molecular weight is 328 g/mol. The van der Waals surface area contributed by atoms with Gasteiger partial charge in [-0.2, -0.15) is 10.2 Å². The predicted octanol–water partition coefficient (Wildman–Crippen LogP) is 1.75. The van der Waals surface area contributed by atoms with Crippen LogP contribution in [0.4, 0.5) is 10.2 Å². The van der Waals surface area contributed by atoms with Crippen molar-refractivity contribution in [2.75, 3.05) is 5.73 Å². The van der Waals surface area contributed by atoms with Gasteiger partial charge in [0.1, 0.15) is 16.6 Å². The van der Waals surface area contributed by atoms with Crippen LogP contribution in [-0.2, 0) is 6.42 Å². The maximum Gasteiger partial charge on any atom is 0.322 e. The van der Waals surface area contributed by atoms with Crippen molar-refractivity contribution in [1.29, 1.82) is 0 Å². The fraction of sp³-hybridized carbons (Fsp3) is 0.0833. The van der Waals surface area contributed by atoms with Gasteiger partial charge in [0.25, 0.3) is 0 Å². The van der Waals surface area contributed by atoms with Crippen LogP contribution in [0.25, 0.3) is 5.69 Å². The summed E-state index contributed by atoms with van der Waals surface area (Å²) in [6.45, 7) is 0. The van der Waals surface area contributed by atoms with Crippen molar-refractivity contribution in [2.45, 2.75) is 6.42 Å². The minimum absolute atomic E-state index is 0. The average Bonchev–Trinajstić information content (AvgIpc) is 2.97. The molecule has 0 unspecified atom stereocenters. The number of benzene rings is 1.